The van der Waals surface area contributed by atoms with E-state index in [1.807, 2.05) is 35.2 Å². The van der Waals surface area contributed by atoms with E-state index in [1.54, 1.807) is 0 Å². The van der Waals surface area contributed by atoms with E-state index in [-0.39, 0.29) is 5.91 Å². The number of hydrogen-bond acceptors (Lipinski definition) is 3. The number of unbranched alkanes of at least 4 members (excludes halogenated alkanes) is 2. The molecule has 5 nitrogen and oxygen atoms in total. The van der Waals surface area contributed by atoms with E-state index in [0.29, 0.717) is 23.7 Å². The highest BCUT2D eigenvalue weighted by molar-refractivity contribution is 5.94. The van der Waals surface area contributed by atoms with Gasteiger partial charge in [0.15, 0.2) is 0 Å². The predicted octanol–water partition coefficient (Wildman–Crippen LogP) is 4.85. The molecule has 2 unspecified atom stereocenters. The predicted molar refractivity (Wildman–Crippen MR) is 138 cm³/mol. The lowest BCUT2D eigenvalue weighted by Crippen LogP contribution is -2.52. The largest absolute Gasteiger partial charge is 0.337 e. The van der Waals surface area contributed by atoms with E-state index < -0.39 is 0 Å². The monoisotopic (exact) mass is 465 g/mol. The molecule has 2 atom stereocenters. The molecule has 5 rings (SSSR count). The van der Waals surface area contributed by atoms with Gasteiger partial charge in [-0.2, -0.15) is 0 Å². The third kappa shape index (κ3) is 5.56. The first-order chi connectivity index (χ1) is 16.4. The third-order valence-corrected chi connectivity index (χ3v) is 8.67. The summed E-state index contributed by atoms with van der Waals surface area (Å²) in [7, 11) is 0. The summed E-state index contributed by atoms with van der Waals surface area (Å²) >= 11 is 0. The topological polar surface area (TPSA) is 43.9 Å². The fraction of sp³-hybridized carbons (Fsp3) is 0.655. The molecule has 4 aliphatic rings. The molecule has 2 fully saturated rings. The van der Waals surface area contributed by atoms with Crippen molar-refractivity contribution in [3.05, 3.63) is 47.5 Å². The number of carbonyl (C=O) groups excluding carboxylic acids is 2. The van der Waals surface area contributed by atoms with Gasteiger partial charge >= 0.3 is 0 Å². The summed E-state index contributed by atoms with van der Waals surface area (Å²) in [6.07, 6.45) is 8.82. The molecule has 2 bridgehead atoms. The molecule has 2 amide bonds. The van der Waals surface area contributed by atoms with Crippen LogP contribution in [0.5, 0.6) is 0 Å². The molecule has 0 N–H and O–H groups in total. The van der Waals surface area contributed by atoms with Crippen molar-refractivity contribution in [3.8, 4) is 0 Å². The number of fused-ring (bicyclic) bond motifs is 1. The van der Waals surface area contributed by atoms with Crippen LogP contribution in [0.25, 0.3) is 0 Å². The first kappa shape index (κ1) is 25.0. The van der Waals surface area contributed by atoms with Crippen LogP contribution >= 0.6 is 0 Å². The smallest absolute Gasteiger partial charge is 0.253 e. The zero-order chi connectivity index (χ0) is 24.1. The Balaban J connectivity index is 1.30. The Morgan fingerprint density at radius 3 is 2.44 bits per heavy atom. The first-order valence-electron chi connectivity index (χ1n) is 13.4. The molecule has 1 aromatic rings. The quantitative estimate of drug-likeness (QED) is 0.367. The summed E-state index contributed by atoms with van der Waals surface area (Å²) in [6.45, 7) is 12.7. The second kappa shape index (κ2) is 11.1. The first-order valence-corrected chi connectivity index (χ1v) is 13.4. The molecule has 5 heteroatoms. The average molecular weight is 466 g/mol. The second-order valence-corrected chi connectivity index (χ2v) is 11.1. The van der Waals surface area contributed by atoms with Crippen LogP contribution in [0.4, 0.5) is 0 Å². The van der Waals surface area contributed by atoms with Gasteiger partial charge in [0, 0.05) is 57.8 Å². The summed E-state index contributed by atoms with van der Waals surface area (Å²) in [5.41, 5.74) is 2.65. The van der Waals surface area contributed by atoms with Gasteiger partial charge in [0.1, 0.15) is 0 Å². The Kier molecular flexibility index (Phi) is 8.13. The molecule has 3 aliphatic carbocycles. The number of rotatable bonds is 10. The van der Waals surface area contributed by atoms with Crippen molar-refractivity contribution in [1.29, 1.82) is 0 Å². The van der Waals surface area contributed by atoms with Gasteiger partial charge < -0.3 is 9.80 Å². The standard InChI is InChI=1S/C29H43N3O2/c1-4-5-7-12-27(33)32(22-24-13-14-25-21-26(24)29(25,2)3)20-17-30-15-18-31(19-16-30)28(34)23-10-8-6-9-11-23/h6,8-11,13,25-26H,4-5,7,12,14-22H2,1-3H3. The molecule has 1 aromatic carbocycles. The number of amides is 2. The van der Waals surface area contributed by atoms with Crippen LogP contribution in [0.2, 0.25) is 0 Å². The maximum atomic E-state index is 13.2. The Labute approximate surface area is 206 Å². The van der Waals surface area contributed by atoms with Gasteiger partial charge in [-0.05, 0) is 48.6 Å². The van der Waals surface area contributed by atoms with Gasteiger partial charge in [0.25, 0.3) is 5.91 Å². The minimum atomic E-state index is 0.124. The van der Waals surface area contributed by atoms with E-state index in [0.717, 1.165) is 76.6 Å². The van der Waals surface area contributed by atoms with Crippen LogP contribution in [-0.2, 0) is 4.79 Å². The van der Waals surface area contributed by atoms with Crippen LogP contribution in [-0.4, -0.2) is 72.3 Å². The Morgan fingerprint density at radius 1 is 1.06 bits per heavy atom. The molecule has 0 radical (unpaired) electrons. The third-order valence-electron chi connectivity index (χ3n) is 8.67. The molecule has 1 heterocycles. The van der Waals surface area contributed by atoms with E-state index in [4.69, 9.17) is 0 Å². The Hall–Kier alpha value is -2.14. The van der Waals surface area contributed by atoms with Gasteiger partial charge in [-0.15, -0.1) is 0 Å². The number of hydrogen-bond donors (Lipinski definition) is 0. The van der Waals surface area contributed by atoms with Gasteiger partial charge in [-0.3, -0.25) is 14.5 Å². The maximum absolute atomic E-state index is 13.2. The fourth-order valence-corrected chi connectivity index (χ4v) is 6.05. The van der Waals surface area contributed by atoms with Crippen molar-refractivity contribution >= 4 is 11.8 Å². The van der Waals surface area contributed by atoms with E-state index >= 15 is 0 Å². The molecule has 0 spiro atoms. The lowest BCUT2D eigenvalue weighted by Gasteiger charge is -2.57. The van der Waals surface area contributed by atoms with E-state index in [2.05, 4.69) is 36.6 Å². The van der Waals surface area contributed by atoms with Crippen molar-refractivity contribution in [1.82, 2.24) is 14.7 Å². The normalized spacial score (nSPS) is 23.7. The summed E-state index contributed by atoms with van der Waals surface area (Å²) in [5.74, 6) is 1.90. The molecule has 34 heavy (non-hydrogen) atoms. The van der Waals surface area contributed by atoms with Crippen LogP contribution < -0.4 is 0 Å². The van der Waals surface area contributed by atoms with Gasteiger partial charge in [-0.25, -0.2) is 0 Å². The maximum Gasteiger partial charge on any atom is 0.253 e. The number of carbonyl (C=O) groups is 2. The minimum absolute atomic E-state index is 0.124. The molecule has 1 aliphatic heterocycles. The number of piperazine rings is 1. The highest BCUT2D eigenvalue weighted by Crippen LogP contribution is 2.59. The summed E-state index contributed by atoms with van der Waals surface area (Å²) < 4.78 is 0. The van der Waals surface area contributed by atoms with Crippen molar-refractivity contribution in [2.24, 2.45) is 17.3 Å². The van der Waals surface area contributed by atoms with Crippen LogP contribution in [0, 0.1) is 17.3 Å². The molecule has 1 saturated heterocycles. The van der Waals surface area contributed by atoms with Crippen molar-refractivity contribution in [2.45, 2.75) is 59.3 Å². The molecule has 0 aromatic heterocycles. The summed E-state index contributed by atoms with van der Waals surface area (Å²) in [5, 5.41) is 0. The average Bonchev–Trinajstić information content (AvgIpc) is 2.87. The fourth-order valence-electron chi connectivity index (χ4n) is 6.05. The van der Waals surface area contributed by atoms with Crippen molar-refractivity contribution < 1.29 is 9.59 Å². The minimum Gasteiger partial charge on any atom is -0.337 e. The zero-order valence-corrected chi connectivity index (χ0v) is 21.5. The van der Waals surface area contributed by atoms with Crippen LogP contribution in [0.3, 0.4) is 0 Å². The number of nitrogens with zero attached hydrogens (tertiary/aromatic N) is 3. The SMILES string of the molecule is CCCCCC(=O)N(CCN1CCN(C(=O)c2ccccc2)CC1)CC1=CCC2CC1C2(C)C. The van der Waals surface area contributed by atoms with Gasteiger partial charge in [0.2, 0.25) is 5.91 Å². The highest BCUT2D eigenvalue weighted by atomic mass is 16.2. The van der Waals surface area contributed by atoms with Gasteiger partial charge in [-0.1, -0.05) is 63.5 Å². The van der Waals surface area contributed by atoms with E-state index in [1.165, 1.54) is 18.4 Å². The zero-order valence-electron chi connectivity index (χ0n) is 21.5. The number of allylic oxidation sites excluding steroid dienone is 1. The Morgan fingerprint density at radius 2 is 1.79 bits per heavy atom. The van der Waals surface area contributed by atoms with Crippen LogP contribution in [0.1, 0.15) is 69.7 Å². The van der Waals surface area contributed by atoms with Gasteiger partial charge in [0.05, 0.1) is 0 Å². The molecule has 1 saturated carbocycles. The summed E-state index contributed by atoms with van der Waals surface area (Å²) in [4.78, 5) is 32.4. The lowest BCUT2D eigenvalue weighted by atomic mass is 9.49. The highest BCUT2D eigenvalue weighted by Gasteiger charge is 2.51. The molecular weight excluding hydrogens is 422 g/mol. The summed E-state index contributed by atoms with van der Waals surface area (Å²) in [6, 6.07) is 9.56. The van der Waals surface area contributed by atoms with E-state index in [9.17, 15) is 9.59 Å². The number of benzene rings is 1. The second-order valence-electron chi connectivity index (χ2n) is 11.1. The lowest BCUT2D eigenvalue weighted by molar-refractivity contribution is -0.131. The molecular formula is C29H43N3O2. The van der Waals surface area contributed by atoms with Crippen molar-refractivity contribution in [2.75, 3.05) is 45.8 Å². The Bertz CT molecular complexity index is 871. The van der Waals surface area contributed by atoms with Crippen molar-refractivity contribution in [3.63, 3.8) is 0 Å². The molecule has 186 valence electrons. The van der Waals surface area contributed by atoms with Crippen LogP contribution in [0.15, 0.2) is 42.0 Å².